The third kappa shape index (κ3) is 3.93. The summed E-state index contributed by atoms with van der Waals surface area (Å²) in [6.45, 7) is 3.52. The molecule has 1 aromatic rings. The van der Waals surface area contributed by atoms with E-state index >= 15 is 0 Å². The maximum atomic E-state index is 11.5. The van der Waals surface area contributed by atoms with Crippen molar-refractivity contribution in [3.8, 4) is 0 Å². The van der Waals surface area contributed by atoms with Gasteiger partial charge in [-0.15, -0.1) is 0 Å². The highest BCUT2D eigenvalue weighted by atomic mass is 16.5. The lowest BCUT2D eigenvalue weighted by Crippen LogP contribution is -2.22. The topological polar surface area (TPSA) is 60.5 Å². The van der Waals surface area contributed by atoms with E-state index in [1.165, 1.54) is 20.0 Å². The minimum absolute atomic E-state index is 0.350. The zero-order chi connectivity index (χ0) is 14.4. The molecular weight excluding hydrogens is 256 g/mol. The summed E-state index contributed by atoms with van der Waals surface area (Å²) in [6, 6.07) is 3.55. The molecule has 0 aromatic carbocycles. The fraction of sp³-hybridized carbons (Fsp3) is 0.600. The molecule has 1 aliphatic rings. The molecule has 0 bridgehead atoms. The highest BCUT2D eigenvalue weighted by Crippen LogP contribution is 2.16. The van der Waals surface area contributed by atoms with Crippen molar-refractivity contribution in [3.05, 3.63) is 23.4 Å². The molecule has 0 radical (unpaired) electrons. The minimum atomic E-state index is -0.350. The van der Waals surface area contributed by atoms with Crippen LogP contribution < -0.4 is 5.32 Å². The highest BCUT2D eigenvalue weighted by molar-refractivity contribution is 5.90. The number of aromatic nitrogens is 1. The number of carbonyl (C=O) groups excluding carboxylic acids is 1. The van der Waals surface area contributed by atoms with Gasteiger partial charge in [0.05, 0.1) is 24.5 Å². The second-order valence-corrected chi connectivity index (χ2v) is 5.03. The van der Waals surface area contributed by atoms with E-state index in [1.807, 2.05) is 6.92 Å². The van der Waals surface area contributed by atoms with Gasteiger partial charge in [-0.25, -0.2) is 9.78 Å². The predicted octanol–water partition coefficient (Wildman–Crippen LogP) is 2.55. The average molecular weight is 278 g/mol. The molecule has 1 atom stereocenters. The summed E-state index contributed by atoms with van der Waals surface area (Å²) in [6.07, 6.45) is 4.94. The van der Waals surface area contributed by atoms with E-state index in [0.29, 0.717) is 17.4 Å². The first-order valence-electron chi connectivity index (χ1n) is 7.12. The second-order valence-electron chi connectivity index (χ2n) is 5.03. The molecule has 1 saturated heterocycles. The van der Waals surface area contributed by atoms with E-state index in [9.17, 15) is 4.79 Å². The fourth-order valence-electron chi connectivity index (χ4n) is 2.38. The van der Waals surface area contributed by atoms with Crippen LogP contribution in [-0.2, 0) is 9.47 Å². The Hall–Kier alpha value is -1.62. The molecule has 110 valence electrons. The van der Waals surface area contributed by atoms with Crippen LogP contribution in [0.1, 0.15) is 41.7 Å². The van der Waals surface area contributed by atoms with Crippen LogP contribution in [0.5, 0.6) is 0 Å². The number of hydrogen-bond acceptors (Lipinski definition) is 5. The van der Waals surface area contributed by atoms with E-state index < -0.39 is 0 Å². The van der Waals surface area contributed by atoms with Crippen LogP contribution in [0.2, 0.25) is 0 Å². The second kappa shape index (κ2) is 7.24. The Labute approximate surface area is 119 Å². The van der Waals surface area contributed by atoms with Gasteiger partial charge in [-0.2, -0.15) is 0 Å². The zero-order valence-corrected chi connectivity index (χ0v) is 12.1. The molecular formula is C15H22N2O3. The van der Waals surface area contributed by atoms with E-state index in [0.717, 1.165) is 31.8 Å². The number of nitrogens with one attached hydrogen (secondary N) is 1. The lowest BCUT2D eigenvalue weighted by molar-refractivity contribution is 0.0134. The Bertz CT molecular complexity index is 456. The van der Waals surface area contributed by atoms with Gasteiger partial charge in [0.1, 0.15) is 5.82 Å². The van der Waals surface area contributed by atoms with Crippen molar-refractivity contribution in [3.63, 3.8) is 0 Å². The molecule has 5 nitrogen and oxygen atoms in total. The summed E-state index contributed by atoms with van der Waals surface area (Å²) in [5.74, 6) is 0.433. The van der Waals surface area contributed by atoms with Crippen LogP contribution in [0.3, 0.4) is 0 Å². The fourth-order valence-corrected chi connectivity index (χ4v) is 2.38. The third-order valence-corrected chi connectivity index (χ3v) is 3.54. The average Bonchev–Trinajstić information content (AvgIpc) is 2.48. The number of anilines is 1. The number of carbonyl (C=O) groups is 1. The summed E-state index contributed by atoms with van der Waals surface area (Å²) in [5.41, 5.74) is 1.18. The Morgan fingerprint density at radius 1 is 1.50 bits per heavy atom. The molecule has 2 rings (SSSR count). The summed E-state index contributed by atoms with van der Waals surface area (Å²) in [4.78, 5) is 15.8. The van der Waals surface area contributed by atoms with Crippen molar-refractivity contribution in [2.45, 2.75) is 38.7 Å². The first-order valence-corrected chi connectivity index (χ1v) is 7.12. The van der Waals surface area contributed by atoms with E-state index in [4.69, 9.17) is 9.47 Å². The van der Waals surface area contributed by atoms with Crippen LogP contribution in [0.15, 0.2) is 12.1 Å². The van der Waals surface area contributed by atoms with Gasteiger partial charge in [-0.05, 0) is 44.7 Å². The quantitative estimate of drug-likeness (QED) is 0.839. The first kappa shape index (κ1) is 14.8. The van der Waals surface area contributed by atoms with Gasteiger partial charge in [-0.3, -0.25) is 0 Å². The largest absolute Gasteiger partial charge is 0.465 e. The summed E-state index contributed by atoms with van der Waals surface area (Å²) >= 11 is 0. The SMILES string of the molecule is COC(=O)c1ccc(NCCC2CCCCO2)nc1C. The maximum Gasteiger partial charge on any atom is 0.339 e. The van der Waals surface area contributed by atoms with Gasteiger partial charge in [0.25, 0.3) is 0 Å². The molecule has 20 heavy (non-hydrogen) atoms. The normalized spacial score (nSPS) is 18.6. The summed E-state index contributed by atoms with van der Waals surface area (Å²) in [7, 11) is 1.37. The number of rotatable bonds is 5. The molecule has 0 saturated carbocycles. The minimum Gasteiger partial charge on any atom is -0.465 e. The predicted molar refractivity (Wildman–Crippen MR) is 77.0 cm³/mol. The molecule has 1 unspecified atom stereocenters. The van der Waals surface area contributed by atoms with Crippen molar-refractivity contribution in [2.24, 2.45) is 0 Å². The third-order valence-electron chi connectivity index (χ3n) is 3.54. The summed E-state index contributed by atoms with van der Waals surface area (Å²) < 4.78 is 10.4. The van der Waals surface area contributed by atoms with Crippen LogP contribution in [-0.4, -0.2) is 37.3 Å². The van der Waals surface area contributed by atoms with Gasteiger partial charge in [0.15, 0.2) is 0 Å². The smallest absolute Gasteiger partial charge is 0.339 e. The number of hydrogen-bond donors (Lipinski definition) is 1. The van der Waals surface area contributed by atoms with Crippen molar-refractivity contribution < 1.29 is 14.3 Å². The number of aryl methyl sites for hydroxylation is 1. The number of esters is 1. The first-order chi connectivity index (χ1) is 9.70. The van der Waals surface area contributed by atoms with Gasteiger partial charge >= 0.3 is 5.97 Å². The number of pyridine rings is 1. The van der Waals surface area contributed by atoms with Crippen LogP contribution in [0.4, 0.5) is 5.82 Å². The molecule has 5 heteroatoms. The van der Waals surface area contributed by atoms with E-state index in [2.05, 4.69) is 10.3 Å². The Kier molecular flexibility index (Phi) is 5.35. The highest BCUT2D eigenvalue weighted by Gasteiger charge is 2.14. The Balaban J connectivity index is 1.84. The van der Waals surface area contributed by atoms with Gasteiger partial charge in [-0.1, -0.05) is 0 Å². The number of nitrogens with zero attached hydrogens (tertiary/aromatic N) is 1. The number of ether oxygens (including phenoxy) is 2. The maximum absolute atomic E-state index is 11.5. The Morgan fingerprint density at radius 3 is 3.00 bits per heavy atom. The standard InChI is InChI=1S/C15H22N2O3/c1-11-13(15(18)19-2)6-7-14(17-11)16-9-8-12-5-3-4-10-20-12/h6-7,12H,3-5,8-10H2,1-2H3,(H,16,17). The van der Waals surface area contributed by atoms with Gasteiger partial charge < -0.3 is 14.8 Å². The van der Waals surface area contributed by atoms with Gasteiger partial charge in [0.2, 0.25) is 0 Å². The molecule has 1 N–H and O–H groups in total. The van der Waals surface area contributed by atoms with Crippen molar-refractivity contribution in [1.82, 2.24) is 4.98 Å². The molecule has 1 aliphatic heterocycles. The van der Waals surface area contributed by atoms with Crippen molar-refractivity contribution >= 4 is 11.8 Å². The molecule has 1 fully saturated rings. The molecule has 0 spiro atoms. The van der Waals surface area contributed by atoms with Crippen molar-refractivity contribution in [2.75, 3.05) is 25.6 Å². The number of methoxy groups -OCH3 is 1. The lowest BCUT2D eigenvalue weighted by atomic mass is 10.1. The monoisotopic (exact) mass is 278 g/mol. The molecule has 2 heterocycles. The summed E-state index contributed by atoms with van der Waals surface area (Å²) in [5, 5.41) is 3.27. The zero-order valence-electron chi connectivity index (χ0n) is 12.1. The van der Waals surface area contributed by atoms with Crippen LogP contribution in [0.25, 0.3) is 0 Å². The van der Waals surface area contributed by atoms with Crippen LogP contribution >= 0.6 is 0 Å². The molecule has 1 aromatic heterocycles. The van der Waals surface area contributed by atoms with Crippen LogP contribution in [0, 0.1) is 6.92 Å². The van der Waals surface area contributed by atoms with E-state index in [-0.39, 0.29) is 5.97 Å². The molecule has 0 amide bonds. The van der Waals surface area contributed by atoms with E-state index in [1.54, 1.807) is 12.1 Å². The van der Waals surface area contributed by atoms with Crippen molar-refractivity contribution in [1.29, 1.82) is 0 Å². The van der Waals surface area contributed by atoms with Gasteiger partial charge in [0, 0.05) is 13.2 Å². The lowest BCUT2D eigenvalue weighted by Gasteiger charge is -2.22. The molecule has 0 aliphatic carbocycles. The Morgan fingerprint density at radius 2 is 2.35 bits per heavy atom.